The van der Waals surface area contributed by atoms with Gasteiger partial charge in [0.05, 0.1) is 18.6 Å². The molecule has 0 aromatic carbocycles. The van der Waals surface area contributed by atoms with Gasteiger partial charge >= 0.3 is 6.18 Å². The van der Waals surface area contributed by atoms with Crippen LogP contribution in [0.3, 0.4) is 0 Å². The predicted octanol–water partition coefficient (Wildman–Crippen LogP) is 2.63. The normalized spacial score (nSPS) is 11.9. The van der Waals surface area contributed by atoms with E-state index in [0.717, 1.165) is 11.9 Å². The lowest BCUT2D eigenvalue weighted by atomic mass is 10.3. The number of imidazole rings is 1. The Morgan fingerprint density at radius 2 is 2.05 bits per heavy atom. The van der Waals surface area contributed by atoms with Crippen LogP contribution in [0, 0.1) is 0 Å². The molecule has 8 heteroatoms. The van der Waals surface area contributed by atoms with E-state index in [1.54, 1.807) is 11.1 Å². The Balaban J connectivity index is 2.30. The summed E-state index contributed by atoms with van der Waals surface area (Å²) in [5.41, 5.74) is 0.728. The van der Waals surface area contributed by atoms with E-state index >= 15 is 0 Å². The van der Waals surface area contributed by atoms with E-state index in [0.29, 0.717) is 6.54 Å². The van der Waals surface area contributed by atoms with E-state index in [1.807, 2.05) is 13.8 Å². The van der Waals surface area contributed by atoms with E-state index in [9.17, 15) is 13.2 Å². The molecule has 5 nitrogen and oxygen atoms in total. The largest absolute Gasteiger partial charge is 0.451 e. The molecule has 0 atom stereocenters. The third kappa shape index (κ3) is 3.25. The van der Waals surface area contributed by atoms with Crippen LogP contribution in [0.15, 0.2) is 24.8 Å². The highest BCUT2D eigenvalue weighted by Crippen LogP contribution is 2.27. The standard InChI is InChI=1S/C12H14F3N5/c1-8(2)20(6-9-5-16-7-18-9)10-3-4-17-11(19-10)12(13,14)15/h3-5,7-8H,6H2,1-2H3,(H,16,18). The predicted molar refractivity (Wildman–Crippen MR) is 66.9 cm³/mol. The van der Waals surface area contributed by atoms with Crippen LogP contribution >= 0.6 is 0 Å². The van der Waals surface area contributed by atoms with Crippen LogP contribution in [0.1, 0.15) is 25.4 Å². The molecule has 0 aliphatic heterocycles. The summed E-state index contributed by atoms with van der Waals surface area (Å²) in [5.74, 6) is -0.909. The minimum Gasteiger partial charge on any atom is -0.351 e. The molecule has 0 aliphatic carbocycles. The molecule has 0 spiro atoms. The molecule has 0 fully saturated rings. The van der Waals surface area contributed by atoms with Crippen molar-refractivity contribution in [2.75, 3.05) is 4.90 Å². The first-order valence-corrected chi connectivity index (χ1v) is 6.02. The van der Waals surface area contributed by atoms with Crippen LogP contribution in [0.2, 0.25) is 0 Å². The second-order valence-corrected chi connectivity index (χ2v) is 4.52. The molecule has 0 amide bonds. The zero-order chi connectivity index (χ0) is 14.8. The molecule has 0 saturated carbocycles. The summed E-state index contributed by atoms with van der Waals surface area (Å²) < 4.78 is 37.9. The molecule has 2 aromatic rings. The van der Waals surface area contributed by atoms with Gasteiger partial charge in [0.15, 0.2) is 0 Å². The van der Waals surface area contributed by atoms with Crippen LogP contribution in [-0.2, 0) is 12.7 Å². The number of alkyl halides is 3. The fourth-order valence-corrected chi connectivity index (χ4v) is 1.73. The average molecular weight is 285 g/mol. The number of hydrogen-bond acceptors (Lipinski definition) is 4. The maximum Gasteiger partial charge on any atom is 0.451 e. The van der Waals surface area contributed by atoms with Crippen LogP contribution in [0.5, 0.6) is 0 Å². The molecule has 0 radical (unpaired) electrons. The number of H-pyrrole nitrogens is 1. The second kappa shape index (κ2) is 5.48. The van der Waals surface area contributed by atoms with Crippen molar-refractivity contribution in [3.05, 3.63) is 36.3 Å². The number of rotatable bonds is 4. The summed E-state index contributed by atoms with van der Waals surface area (Å²) >= 11 is 0. The number of hydrogen-bond donors (Lipinski definition) is 1. The first kappa shape index (κ1) is 14.3. The highest BCUT2D eigenvalue weighted by atomic mass is 19.4. The topological polar surface area (TPSA) is 57.7 Å². The van der Waals surface area contributed by atoms with Gasteiger partial charge in [-0.25, -0.2) is 15.0 Å². The molecule has 0 bridgehead atoms. The Morgan fingerprint density at radius 3 is 2.60 bits per heavy atom. The van der Waals surface area contributed by atoms with Crippen molar-refractivity contribution >= 4 is 5.82 Å². The van der Waals surface area contributed by atoms with Gasteiger partial charge in [-0.15, -0.1) is 0 Å². The van der Waals surface area contributed by atoms with Gasteiger partial charge in [-0.1, -0.05) is 0 Å². The molecular formula is C12H14F3N5. The average Bonchev–Trinajstić information content (AvgIpc) is 2.87. The molecule has 0 saturated heterocycles. The van der Waals surface area contributed by atoms with Crippen molar-refractivity contribution in [2.45, 2.75) is 32.6 Å². The number of anilines is 1. The fraction of sp³-hybridized carbons (Fsp3) is 0.417. The van der Waals surface area contributed by atoms with Gasteiger partial charge in [0, 0.05) is 18.4 Å². The van der Waals surface area contributed by atoms with E-state index in [2.05, 4.69) is 19.9 Å². The van der Waals surface area contributed by atoms with Gasteiger partial charge in [0.1, 0.15) is 5.82 Å². The highest BCUT2D eigenvalue weighted by Gasteiger charge is 2.35. The molecule has 2 heterocycles. The summed E-state index contributed by atoms with van der Waals surface area (Å²) in [4.78, 5) is 15.5. The smallest absolute Gasteiger partial charge is 0.351 e. The number of nitrogens with zero attached hydrogens (tertiary/aromatic N) is 4. The zero-order valence-corrected chi connectivity index (χ0v) is 11.0. The zero-order valence-electron chi connectivity index (χ0n) is 11.0. The van der Waals surface area contributed by atoms with Crippen molar-refractivity contribution in [2.24, 2.45) is 0 Å². The highest BCUT2D eigenvalue weighted by molar-refractivity contribution is 5.39. The minimum absolute atomic E-state index is 0.0253. The Labute approximate surface area is 113 Å². The summed E-state index contributed by atoms with van der Waals surface area (Å²) in [7, 11) is 0. The molecule has 1 N–H and O–H groups in total. The van der Waals surface area contributed by atoms with Gasteiger partial charge in [-0.3, -0.25) is 0 Å². The Bertz CT molecular complexity index is 550. The lowest BCUT2D eigenvalue weighted by Crippen LogP contribution is -2.31. The number of aromatic amines is 1. The third-order valence-electron chi connectivity index (χ3n) is 2.70. The lowest BCUT2D eigenvalue weighted by Gasteiger charge is -2.27. The molecule has 20 heavy (non-hydrogen) atoms. The Morgan fingerprint density at radius 1 is 1.30 bits per heavy atom. The van der Waals surface area contributed by atoms with Gasteiger partial charge in [-0.05, 0) is 19.9 Å². The number of nitrogens with one attached hydrogen (secondary N) is 1. The monoisotopic (exact) mass is 285 g/mol. The first-order valence-electron chi connectivity index (χ1n) is 6.02. The second-order valence-electron chi connectivity index (χ2n) is 4.52. The summed E-state index contributed by atoms with van der Waals surface area (Å²) in [6.45, 7) is 4.12. The Kier molecular flexibility index (Phi) is 3.91. The molecule has 108 valence electrons. The van der Waals surface area contributed by atoms with Gasteiger partial charge < -0.3 is 9.88 Å². The van der Waals surface area contributed by atoms with E-state index < -0.39 is 12.0 Å². The van der Waals surface area contributed by atoms with Gasteiger partial charge in [0.2, 0.25) is 5.82 Å². The third-order valence-corrected chi connectivity index (χ3v) is 2.70. The molecule has 0 aliphatic rings. The van der Waals surface area contributed by atoms with E-state index in [1.165, 1.54) is 12.4 Å². The van der Waals surface area contributed by atoms with Crippen molar-refractivity contribution in [1.29, 1.82) is 0 Å². The molecule has 0 unspecified atom stereocenters. The van der Waals surface area contributed by atoms with Crippen molar-refractivity contribution < 1.29 is 13.2 Å². The maximum atomic E-state index is 12.6. The summed E-state index contributed by atoms with van der Waals surface area (Å²) in [6, 6.07) is 1.43. The summed E-state index contributed by atoms with van der Waals surface area (Å²) in [6.07, 6.45) is -0.216. The molecule has 2 aromatic heterocycles. The molecular weight excluding hydrogens is 271 g/mol. The lowest BCUT2D eigenvalue weighted by molar-refractivity contribution is -0.144. The van der Waals surface area contributed by atoms with Crippen LogP contribution in [-0.4, -0.2) is 26.0 Å². The Hall–Kier alpha value is -2.12. The van der Waals surface area contributed by atoms with Crippen LogP contribution < -0.4 is 4.90 Å². The van der Waals surface area contributed by atoms with E-state index in [4.69, 9.17) is 0 Å². The quantitative estimate of drug-likeness (QED) is 0.938. The SMILES string of the molecule is CC(C)N(Cc1c[nH]cn1)c1ccnc(C(F)(F)F)n1. The van der Waals surface area contributed by atoms with E-state index in [-0.39, 0.29) is 11.9 Å². The van der Waals surface area contributed by atoms with Gasteiger partial charge in [0.25, 0.3) is 0 Å². The molecule has 2 rings (SSSR count). The van der Waals surface area contributed by atoms with Crippen LogP contribution in [0.4, 0.5) is 19.0 Å². The van der Waals surface area contributed by atoms with Gasteiger partial charge in [-0.2, -0.15) is 13.2 Å². The van der Waals surface area contributed by atoms with Crippen molar-refractivity contribution in [3.63, 3.8) is 0 Å². The summed E-state index contributed by atoms with van der Waals surface area (Å²) in [5, 5.41) is 0. The van der Waals surface area contributed by atoms with Crippen molar-refractivity contribution in [1.82, 2.24) is 19.9 Å². The van der Waals surface area contributed by atoms with Crippen LogP contribution in [0.25, 0.3) is 0 Å². The minimum atomic E-state index is -4.55. The number of halogens is 3. The number of aromatic nitrogens is 4. The van der Waals surface area contributed by atoms with Crippen molar-refractivity contribution in [3.8, 4) is 0 Å². The first-order chi connectivity index (χ1) is 9.38. The maximum absolute atomic E-state index is 12.6. The fourth-order valence-electron chi connectivity index (χ4n) is 1.73.